The van der Waals surface area contributed by atoms with Crippen molar-refractivity contribution >= 4 is 0 Å². The summed E-state index contributed by atoms with van der Waals surface area (Å²) in [5.41, 5.74) is -0.560. The maximum atomic E-state index is 10.3. The first-order valence-corrected chi connectivity index (χ1v) is 5.44. The summed E-state index contributed by atoms with van der Waals surface area (Å²) in [6, 6.07) is 0. The average Bonchev–Trinajstić information content (AvgIpc) is 2.19. The van der Waals surface area contributed by atoms with E-state index in [9.17, 15) is 5.11 Å². The first-order chi connectivity index (χ1) is 6.23. The van der Waals surface area contributed by atoms with Gasteiger partial charge >= 0.3 is 0 Å². The van der Waals surface area contributed by atoms with Gasteiger partial charge in [0.15, 0.2) is 0 Å². The van der Waals surface area contributed by atoms with Crippen LogP contribution in [0.3, 0.4) is 0 Å². The molecule has 0 spiro atoms. The monoisotopic (exact) mass is 186 g/mol. The van der Waals surface area contributed by atoms with Crippen LogP contribution in [0.2, 0.25) is 0 Å². The quantitative estimate of drug-likeness (QED) is 0.730. The molecule has 0 aromatic carbocycles. The van der Waals surface area contributed by atoms with Crippen molar-refractivity contribution in [2.75, 3.05) is 13.7 Å². The van der Waals surface area contributed by atoms with Gasteiger partial charge in [-0.1, -0.05) is 26.2 Å². The Balaban J connectivity index is 2.51. The van der Waals surface area contributed by atoms with Gasteiger partial charge in [-0.15, -0.1) is 0 Å². The third kappa shape index (κ3) is 2.68. The summed E-state index contributed by atoms with van der Waals surface area (Å²) >= 11 is 0. The first-order valence-electron chi connectivity index (χ1n) is 5.44. The van der Waals surface area contributed by atoms with Crippen LogP contribution in [0.25, 0.3) is 0 Å². The summed E-state index contributed by atoms with van der Waals surface area (Å²) in [6.45, 7) is 2.54. The van der Waals surface area contributed by atoms with Gasteiger partial charge in [0, 0.05) is 7.11 Å². The van der Waals surface area contributed by atoms with E-state index in [1.807, 2.05) is 6.92 Å². The highest BCUT2D eigenvalue weighted by molar-refractivity contribution is 4.86. The summed E-state index contributed by atoms with van der Waals surface area (Å²) in [6.07, 6.45) is 7.05. The second-order valence-electron chi connectivity index (χ2n) is 4.23. The van der Waals surface area contributed by atoms with Crippen LogP contribution in [0.5, 0.6) is 0 Å². The van der Waals surface area contributed by atoms with Gasteiger partial charge in [-0.2, -0.15) is 0 Å². The molecule has 1 atom stereocenters. The van der Waals surface area contributed by atoms with Crippen LogP contribution in [0.4, 0.5) is 0 Å². The molecule has 0 bridgehead atoms. The standard InChI is InChI=1S/C11H22O2/c1-3-11(12,9-13-2)10-7-5-4-6-8-10/h10,12H,3-9H2,1-2H3. The van der Waals surface area contributed by atoms with Crippen LogP contribution in [0.1, 0.15) is 45.4 Å². The third-order valence-electron chi connectivity index (χ3n) is 3.37. The fourth-order valence-corrected chi connectivity index (χ4v) is 2.40. The summed E-state index contributed by atoms with van der Waals surface area (Å²) in [7, 11) is 1.67. The van der Waals surface area contributed by atoms with E-state index >= 15 is 0 Å². The van der Waals surface area contributed by atoms with E-state index in [0.29, 0.717) is 12.5 Å². The predicted octanol–water partition coefficient (Wildman–Crippen LogP) is 2.35. The Morgan fingerprint density at radius 1 is 1.31 bits per heavy atom. The van der Waals surface area contributed by atoms with Gasteiger partial charge in [0.2, 0.25) is 0 Å². The Labute approximate surface area is 81.3 Å². The molecule has 1 aliphatic rings. The Bertz CT molecular complexity index is 141. The zero-order chi connectivity index (χ0) is 9.73. The maximum Gasteiger partial charge on any atom is 0.0905 e. The lowest BCUT2D eigenvalue weighted by Crippen LogP contribution is -2.42. The molecule has 1 unspecified atom stereocenters. The normalized spacial score (nSPS) is 24.2. The summed E-state index contributed by atoms with van der Waals surface area (Å²) in [5, 5.41) is 10.3. The largest absolute Gasteiger partial charge is 0.387 e. The van der Waals surface area contributed by atoms with Crippen LogP contribution in [-0.2, 0) is 4.74 Å². The van der Waals surface area contributed by atoms with Gasteiger partial charge in [0.1, 0.15) is 0 Å². The highest BCUT2D eigenvalue weighted by Crippen LogP contribution is 2.34. The maximum absolute atomic E-state index is 10.3. The SMILES string of the molecule is CCC(O)(COC)C1CCCCC1. The number of hydrogen-bond donors (Lipinski definition) is 1. The molecule has 0 aromatic rings. The summed E-state index contributed by atoms with van der Waals surface area (Å²) in [5.74, 6) is 0.464. The topological polar surface area (TPSA) is 29.5 Å². The van der Waals surface area contributed by atoms with E-state index in [2.05, 4.69) is 0 Å². The Hall–Kier alpha value is -0.0800. The third-order valence-corrected chi connectivity index (χ3v) is 3.37. The van der Waals surface area contributed by atoms with E-state index in [0.717, 1.165) is 6.42 Å². The van der Waals surface area contributed by atoms with E-state index in [1.165, 1.54) is 32.1 Å². The van der Waals surface area contributed by atoms with Crippen molar-refractivity contribution in [3.05, 3.63) is 0 Å². The molecule has 1 rings (SSSR count). The van der Waals surface area contributed by atoms with Crippen molar-refractivity contribution < 1.29 is 9.84 Å². The van der Waals surface area contributed by atoms with Crippen molar-refractivity contribution in [1.29, 1.82) is 0 Å². The van der Waals surface area contributed by atoms with E-state index < -0.39 is 5.60 Å². The molecule has 0 amide bonds. The highest BCUT2D eigenvalue weighted by atomic mass is 16.5. The van der Waals surface area contributed by atoms with Crippen LogP contribution in [0, 0.1) is 5.92 Å². The van der Waals surface area contributed by atoms with Crippen LogP contribution >= 0.6 is 0 Å². The zero-order valence-corrected chi connectivity index (χ0v) is 8.88. The highest BCUT2D eigenvalue weighted by Gasteiger charge is 2.35. The number of hydrogen-bond acceptors (Lipinski definition) is 2. The van der Waals surface area contributed by atoms with Crippen LogP contribution in [-0.4, -0.2) is 24.4 Å². The molecule has 78 valence electrons. The molecule has 2 nitrogen and oxygen atoms in total. The number of methoxy groups -OCH3 is 1. The van der Waals surface area contributed by atoms with Gasteiger partial charge in [-0.25, -0.2) is 0 Å². The first kappa shape index (κ1) is 11.0. The fourth-order valence-electron chi connectivity index (χ4n) is 2.40. The van der Waals surface area contributed by atoms with E-state index in [-0.39, 0.29) is 0 Å². The van der Waals surface area contributed by atoms with E-state index in [1.54, 1.807) is 7.11 Å². The molecule has 0 radical (unpaired) electrons. The molecule has 1 fully saturated rings. The average molecular weight is 186 g/mol. The molecular formula is C11H22O2. The second-order valence-corrected chi connectivity index (χ2v) is 4.23. The smallest absolute Gasteiger partial charge is 0.0905 e. The number of aliphatic hydroxyl groups is 1. The minimum absolute atomic E-state index is 0.464. The van der Waals surface area contributed by atoms with Crippen LogP contribution < -0.4 is 0 Å². The Morgan fingerprint density at radius 3 is 2.38 bits per heavy atom. The Kier molecular flexibility index (Phi) is 4.20. The molecule has 13 heavy (non-hydrogen) atoms. The molecule has 0 aromatic heterocycles. The van der Waals surface area contributed by atoms with Gasteiger partial charge < -0.3 is 9.84 Å². The van der Waals surface area contributed by atoms with Crippen molar-refractivity contribution in [3.8, 4) is 0 Å². The van der Waals surface area contributed by atoms with Crippen LogP contribution in [0.15, 0.2) is 0 Å². The molecule has 1 saturated carbocycles. The molecule has 0 saturated heterocycles. The molecule has 0 aliphatic heterocycles. The number of ether oxygens (including phenoxy) is 1. The molecule has 1 N–H and O–H groups in total. The molecule has 2 heteroatoms. The Morgan fingerprint density at radius 2 is 1.92 bits per heavy atom. The fraction of sp³-hybridized carbons (Fsp3) is 1.00. The lowest BCUT2D eigenvalue weighted by molar-refractivity contribution is -0.0860. The summed E-state index contributed by atoms with van der Waals surface area (Å²) < 4.78 is 5.10. The van der Waals surface area contributed by atoms with Crippen molar-refractivity contribution in [3.63, 3.8) is 0 Å². The summed E-state index contributed by atoms with van der Waals surface area (Å²) in [4.78, 5) is 0. The second kappa shape index (κ2) is 4.97. The van der Waals surface area contributed by atoms with Crippen molar-refractivity contribution in [2.24, 2.45) is 5.92 Å². The van der Waals surface area contributed by atoms with Gasteiger partial charge in [0.05, 0.1) is 12.2 Å². The molecule has 1 aliphatic carbocycles. The minimum Gasteiger partial charge on any atom is -0.387 e. The molecule has 0 heterocycles. The predicted molar refractivity (Wildman–Crippen MR) is 53.7 cm³/mol. The van der Waals surface area contributed by atoms with Crippen molar-refractivity contribution in [2.45, 2.75) is 51.0 Å². The van der Waals surface area contributed by atoms with E-state index in [4.69, 9.17) is 4.74 Å². The molecular weight excluding hydrogens is 164 g/mol. The lowest BCUT2D eigenvalue weighted by Gasteiger charge is -2.37. The van der Waals surface area contributed by atoms with Crippen molar-refractivity contribution in [1.82, 2.24) is 0 Å². The van der Waals surface area contributed by atoms with Gasteiger partial charge in [-0.3, -0.25) is 0 Å². The van der Waals surface area contributed by atoms with Gasteiger partial charge in [0.25, 0.3) is 0 Å². The minimum atomic E-state index is -0.560. The zero-order valence-electron chi connectivity index (χ0n) is 8.88. The lowest BCUT2D eigenvalue weighted by atomic mass is 9.76. The number of rotatable bonds is 4. The van der Waals surface area contributed by atoms with Gasteiger partial charge in [-0.05, 0) is 25.2 Å².